The van der Waals surface area contributed by atoms with Crippen molar-refractivity contribution < 1.29 is 9.53 Å². The van der Waals surface area contributed by atoms with Gasteiger partial charge in [0.05, 0.1) is 12.2 Å². The molecule has 0 N–H and O–H groups in total. The molecule has 1 fully saturated rings. The van der Waals surface area contributed by atoms with Crippen molar-refractivity contribution >= 4 is 5.78 Å². The number of allylic oxidation sites excluding steroid dienone is 1. The van der Waals surface area contributed by atoms with Crippen LogP contribution in [0.25, 0.3) is 0 Å². The van der Waals surface area contributed by atoms with Crippen LogP contribution in [0.4, 0.5) is 0 Å². The molecule has 10 heavy (non-hydrogen) atoms. The summed E-state index contributed by atoms with van der Waals surface area (Å²) in [7, 11) is 0. The van der Waals surface area contributed by atoms with Crippen molar-refractivity contribution in [3.63, 3.8) is 0 Å². The number of carbonyl (C=O) groups excluding carboxylic acids is 1. The number of hydrogen-bond donors (Lipinski definition) is 0. The fraction of sp³-hybridized carbons (Fsp3) is 0.625. The smallest absolute Gasteiger partial charge is 0.144 e. The molecule has 0 aromatic heterocycles. The van der Waals surface area contributed by atoms with Crippen LogP contribution in [0, 0.1) is 0 Å². The first-order valence-electron chi connectivity index (χ1n) is 3.38. The molecule has 0 amide bonds. The number of ketones is 1. The summed E-state index contributed by atoms with van der Waals surface area (Å²) in [5.74, 6) is 0.822. The van der Waals surface area contributed by atoms with Crippen LogP contribution >= 0.6 is 0 Å². The quantitative estimate of drug-likeness (QED) is 0.511. The second-order valence-corrected chi connectivity index (χ2v) is 3.29. The Bertz CT molecular complexity index is 162. The predicted molar refractivity (Wildman–Crippen MR) is 38.5 cm³/mol. The van der Waals surface area contributed by atoms with Crippen molar-refractivity contribution in [1.29, 1.82) is 0 Å². The SMILES string of the molecule is C=C1CC(=O)CC(C)(C)O1. The van der Waals surface area contributed by atoms with Crippen LogP contribution in [0.15, 0.2) is 12.3 Å². The first-order valence-corrected chi connectivity index (χ1v) is 3.38. The van der Waals surface area contributed by atoms with Gasteiger partial charge in [-0.15, -0.1) is 0 Å². The lowest BCUT2D eigenvalue weighted by molar-refractivity contribution is -0.128. The molecule has 0 unspecified atom stereocenters. The highest BCUT2D eigenvalue weighted by molar-refractivity contribution is 5.82. The molecule has 1 rings (SSSR count). The molecule has 2 nitrogen and oxygen atoms in total. The Morgan fingerprint density at radius 1 is 1.60 bits per heavy atom. The normalized spacial score (nSPS) is 24.2. The fourth-order valence-electron chi connectivity index (χ4n) is 1.22. The minimum Gasteiger partial charge on any atom is -0.492 e. The van der Waals surface area contributed by atoms with Crippen LogP contribution in [-0.4, -0.2) is 11.4 Å². The van der Waals surface area contributed by atoms with E-state index in [4.69, 9.17) is 4.74 Å². The van der Waals surface area contributed by atoms with Gasteiger partial charge < -0.3 is 4.74 Å². The van der Waals surface area contributed by atoms with Crippen molar-refractivity contribution in [3.8, 4) is 0 Å². The van der Waals surface area contributed by atoms with E-state index in [0.717, 1.165) is 0 Å². The molecule has 0 aromatic rings. The molecule has 0 bridgehead atoms. The first-order chi connectivity index (χ1) is 4.49. The largest absolute Gasteiger partial charge is 0.492 e. The zero-order valence-electron chi connectivity index (χ0n) is 6.44. The molecule has 0 aliphatic carbocycles. The second kappa shape index (κ2) is 2.11. The first kappa shape index (κ1) is 7.32. The van der Waals surface area contributed by atoms with E-state index in [-0.39, 0.29) is 11.4 Å². The van der Waals surface area contributed by atoms with Crippen molar-refractivity contribution in [2.45, 2.75) is 32.3 Å². The van der Waals surface area contributed by atoms with Crippen molar-refractivity contribution in [2.75, 3.05) is 0 Å². The van der Waals surface area contributed by atoms with Gasteiger partial charge in [0.15, 0.2) is 0 Å². The number of ether oxygens (including phenoxy) is 1. The summed E-state index contributed by atoms with van der Waals surface area (Å²) in [5.41, 5.74) is -0.327. The Kier molecular flexibility index (Phi) is 1.55. The fourth-order valence-corrected chi connectivity index (χ4v) is 1.22. The van der Waals surface area contributed by atoms with Gasteiger partial charge in [-0.3, -0.25) is 4.79 Å². The van der Waals surface area contributed by atoms with Gasteiger partial charge in [-0.25, -0.2) is 0 Å². The van der Waals surface area contributed by atoms with Crippen LogP contribution < -0.4 is 0 Å². The Balaban J connectivity index is 2.68. The summed E-state index contributed by atoms with van der Waals surface area (Å²) in [5, 5.41) is 0. The Hall–Kier alpha value is -0.790. The van der Waals surface area contributed by atoms with Crippen molar-refractivity contribution in [1.82, 2.24) is 0 Å². The van der Waals surface area contributed by atoms with Gasteiger partial charge in [-0.1, -0.05) is 6.58 Å². The summed E-state index contributed by atoms with van der Waals surface area (Å²) < 4.78 is 5.33. The second-order valence-electron chi connectivity index (χ2n) is 3.29. The van der Waals surface area contributed by atoms with E-state index in [0.29, 0.717) is 18.6 Å². The van der Waals surface area contributed by atoms with Gasteiger partial charge in [-0.05, 0) is 13.8 Å². The molecule has 1 aliphatic rings. The van der Waals surface area contributed by atoms with Crippen LogP contribution in [0.2, 0.25) is 0 Å². The van der Waals surface area contributed by atoms with Gasteiger partial charge in [0, 0.05) is 6.42 Å². The molecule has 0 aromatic carbocycles. The minimum atomic E-state index is -0.327. The van der Waals surface area contributed by atoms with Gasteiger partial charge in [0.1, 0.15) is 11.4 Å². The summed E-state index contributed by atoms with van der Waals surface area (Å²) in [6.07, 6.45) is 0.898. The third-order valence-corrected chi connectivity index (χ3v) is 1.44. The molecule has 0 spiro atoms. The maximum absolute atomic E-state index is 10.9. The summed E-state index contributed by atoms with van der Waals surface area (Å²) in [6.45, 7) is 7.41. The lowest BCUT2D eigenvalue weighted by Gasteiger charge is -2.31. The number of hydrogen-bond acceptors (Lipinski definition) is 2. The molecular formula is C8H12O2. The van der Waals surface area contributed by atoms with E-state index in [1.165, 1.54) is 0 Å². The molecule has 1 heterocycles. The minimum absolute atomic E-state index is 0.223. The highest BCUT2D eigenvalue weighted by Crippen LogP contribution is 2.26. The van der Waals surface area contributed by atoms with E-state index in [1.807, 2.05) is 13.8 Å². The van der Waals surface area contributed by atoms with Gasteiger partial charge in [0.2, 0.25) is 0 Å². The zero-order valence-corrected chi connectivity index (χ0v) is 6.44. The molecule has 56 valence electrons. The number of Topliss-reactive ketones (excluding diaryl/α,β-unsaturated/α-hetero) is 1. The summed E-state index contributed by atoms with van der Waals surface area (Å²) in [6, 6.07) is 0. The topological polar surface area (TPSA) is 26.3 Å². The number of carbonyl (C=O) groups is 1. The van der Waals surface area contributed by atoms with Crippen molar-refractivity contribution in [3.05, 3.63) is 12.3 Å². The third kappa shape index (κ3) is 1.59. The van der Waals surface area contributed by atoms with E-state index in [2.05, 4.69) is 6.58 Å². The average Bonchev–Trinajstić information content (AvgIpc) is 1.54. The van der Waals surface area contributed by atoms with Crippen molar-refractivity contribution in [2.24, 2.45) is 0 Å². The summed E-state index contributed by atoms with van der Waals surface area (Å²) in [4.78, 5) is 10.9. The highest BCUT2D eigenvalue weighted by atomic mass is 16.5. The van der Waals surface area contributed by atoms with Crippen LogP contribution in [0.5, 0.6) is 0 Å². The van der Waals surface area contributed by atoms with Crippen LogP contribution in [0.3, 0.4) is 0 Å². The molecular weight excluding hydrogens is 128 g/mol. The van der Waals surface area contributed by atoms with Crippen LogP contribution in [0.1, 0.15) is 26.7 Å². The summed E-state index contributed by atoms with van der Waals surface area (Å²) >= 11 is 0. The standard InChI is InChI=1S/C8H12O2/c1-6-4-7(9)5-8(2,3)10-6/h1,4-5H2,2-3H3. The van der Waals surface area contributed by atoms with Gasteiger partial charge in [-0.2, -0.15) is 0 Å². The predicted octanol–water partition coefficient (Wildman–Crippen LogP) is 1.66. The Morgan fingerprint density at radius 3 is 2.60 bits per heavy atom. The molecule has 1 saturated heterocycles. The average molecular weight is 140 g/mol. The molecule has 0 atom stereocenters. The van der Waals surface area contributed by atoms with Gasteiger partial charge in [0.25, 0.3) is 0 Å². The molecule has 0 radical (unpaired) electrons. The Morgan fingerprint density at radius 2 is 2.20 bits per heavy atom. The van der Waals surface area contributed by atoms with E-state index in [1.54, 1.807) is 0 Å². The number of rotatable bonds is 0. The molecule has 2 heteroatoms. The monoisotopic (exact) mass is 140 g/mol. The maximum Gasteiger partial charge on any atom is 0.144 e. The molecule has 1 aliphatic heterocycles. The lowest BCUT2D eigenvalue weighted by Crippen LogP contribution is -2.32. The maximum atomic E-state index is 10.9. The molecule has 0 saturated carbocycles. The lowest BCUT2D eigenvalue weighted by atomic mass is 9.96. The van der Waals surface area contributed by atoms with E-state index >= 15 is 0 Å². The van der Waals surface area contributed by atoms with Gasteiger partial charge >= 0.3 is 0 Å². The zero-order chi connectivity index (χ0) is 7.78. The highest BCUT2D eigenvalue weighted by Gasteiger charge is 2.29. The third-order valence-electron chi connectivity index (χ3n) is 1.44. The van der Waals surface area contributed by atoms with E-state index < -0.39 is 0 Å². The van der Waals surface area contributed by atoms with Crippen LogP contribution in [-0.2, 0) is 9.53 Å². The van der Waals surface area contributed by atoms with E-state index in [9.17, 15) is 4.79 Å². The Labute approximate surface area is 60.9 Å².